The highest BCUT2D eigenvalue weighted by atomic mass is 16.3. The first-order valence-electron chi connectivity index (χ1n) is 6.14. The number of benzene rings is 1. The molecule has 2 nitrogen and oxygen atoms in total. The summed E-state index contributed by atoms with van der Waals surface area (Å²) in [5, 5.41) is 11.3. The number of rotatable bonds is 2. The lowest BCUT2D eigenvalue weighted by Gasteiger charge is -2.41. The minimum atomic E-state index is -1.04. The first-order valence-corrected chi connectivity index (χ1v) is 6.14. The molecule has 18 heavy (non-hydrogen) atoms. The fourth-order valence-corrected chi connectivity index (χ4v) is 2.29. The summed E-state index contributed by atoms with van der Waals surface area (Å²) in [6, 6.07) is 13.5. The van der Waals surface area contributed by atoms with E-state index in [-0.39, 0.29) is 5.41 Å². The van der Waals surface area contributed by atoms with Crippen LogP contribution in [-0.4, -0.2) is 10.1 Å². The van der Waals surface area contributed by atoms with Crippen molar-refractivity contribution in [3.63, 3.8) is 0 Å². The molecule has 0 fully saturated rings. The van der Waals surface area contributed by atoms with Crippen molar-refractivity contribution in [1.82, 2.24) is 4.98 Å². The third kappa shape index (κ3) is 2.04. The molecule has 0 amide bonds. The Balaban J connectivity index is 2.63. The summed E-state index contributed by atoms with van der Waals surface area (Å²) in [5.74, 6) is 0. The van der Waals surface area contributed by atoms with Crippen molar-refractivity contribution in [2.75, 3.05) is 0 Å². The second-order valence-corrected chi connectivity index (χ2v) is 5.57. The van der Waals surface area contributed by atoms with Gasteiger partial charge in [-0.1, -0.05) is 57.2 Å². The molecular formula is C16H19NO. The van der Waals surface area contributed by atoms with Crippen LogP contribution in [0.5, 0.6) is 0 Å². The summed E-state index contributed by atoms with van der Waals surface area (Å²) in [6.45, 7) is 6.10. The van der Waals surface area contributed by atoms with E-state index in [0.717, 1.165) is 11.1 Å². The maximum atomic E-state index is 11.3. The fraction of sp³-hybridized carbons (Fsp3) is 0.312. The largest absolute Gasteiger partial charge is 0.380 e. The van der Waals surface area contributed by atoms with Crippen LogP contribution in [0.25, 0.3) is 0 Å². The van der Waals surface area contributed by atoms with Crippen LogP contribution >= 0.6 is 0 Å². The zero-order chi connectivity index (χ0) is 13.2. The monoisotopic (exact) mass is 241 g/mol. The molecule has 0 saturated heterocycles. The van der Waals surface area contributed by atoms with Crippen molar-refractivity contribution >= 4 is 0 Å². The minimum absolute atomic E-state index is 0.322. The molecular weight excluding hydrogens is 222 g/mol. The summed E-state index contributed by atoms with van der Waals surface area (Å²) in [6.07, 6.45) is 3.45. The topological polar surface area (TPSA) is 33.1 Å². The van der Waals surface area contributed by atoms with E-state index in [4.69, 9.17) is 0 Å². The van der Waals surface area contributed by atoms with Crippen LogP contribution in [0.4, 0.5) is 0 Å². The summed E-state index contributed by atoms with van der Waals surface area (Å²) >= 11 is 0. The average molecular weight is 241 g/mol. The van der Waals surface area contributed by atoms with Crippen LogP contribution in [0, 0.1) is 5.41 Å². The van der Waals surface area contributed by atoms with Gasteiger partial charge in [0.05, 0.1) is 0 Å². The molecule has 2 rings (SSSR count). The lowest BCUT2D eigenvalue weighted by Crippen LogP contribution is -2.41. The molecule has 1 aromatic heterocycles. The first kappa shape index (κ1) is 12.8. The maximum Gasteiger partial charge on any atom is 0.121 e. The van der Waals surface area contributed by atoms with Crippen LogP contribution < -0.4 is 0 Å². The van der Waals surface area contributed by atoms with Gasteiger partial charge in [-0.05, 0) is 17.0 Å². The molecule has 0 aliphatic carbocycles. The Bertz CT molecular complexity index is 460. The molecule has 1 aromatic carbocycles. The van der Waals surface area contributed by atoms with Gasteiger partial charge in [-0.25, -0.2) is 0 Å². The SMILES string of the molecule is CC(C)(C)C(O)(c1ccccc1)c1cccnc1. The second kappa shape index (κ2) is 4.54. The van der Waals surface area contributed by atoms with Gasteiger partial charge in [0, 0.05) is 18.0 Å². The molecule has 1 unspecified atom stereocenters. The predicted octanol–water partition coefficient (Wildman–Crippen LogP) is 3.36. The van der Waals surface area contributed by atoms with Gasteiger partial charge in [0.1, 0.15) is 5.60 Å². The zero-order valence-electron chi connectivity index (χ0n) is 11.1. The van der Waals surface area contributed by atoms with E-state index >= 15 is 0 Å². The molecule has 0 radical (unpaired) electrons. The summed E-state index contributed by atoms with van der Waals surface area (Å²) in [5.41, 5.74) is 0.356. The average Bonchev–Trinajstić information content (AvgIpc) is 2.38. The molecule has 0 bridgehead atoms. The molecule has 1 atom stereocenters. The minimum Gasteiger partial charge on any atom is -0.380 e. The highest BCUT2D eigenvalue weighted by Gasteiger charge is 2.43. The molecule has 2 aromatic rings. The van der Waals surface area contributed by atoms with Gasteiger partial charge in [-0.3, -0.25) is 4.98 Å². The Labute approximate surface area is 108 Å². The van der Waals surface area contributed by atoms with E-state index in [2.05, 4.69) is 4.98 Å². The van der Waals surface area contributed by atoms with Crippen molar-refractivity contribution in [1.29, 1.82) is 0 Å². The van der Waals surface area contributed by atoms with Crippen LogP contribution in [0.1, 0.15) is 31.9 Å². The van der Waals surface area contributed by atoms with Gasteiger partial charge in [0.25, 0.3) is 0 Å². The van der Waals surface area contributed by atoms with E-state index in [1.165, 1.54) is 0 Å². The molecule has 0 saturated carbocycles. The summed E-state index contributed by atoms with van der Waals surface area (Å²) in [4.78, 5) is 4.13. The lowest BCUT2D eigenvalue weighted by atomic mass is 9.69. The fourth-order valence-electron chi connectivity index (χ4n) is 2.29. The number of hydrogen-bond donors (Lipinski definition) is 1. The zero-order valence-corrected chi connectivity index (χ0v) is 11.1. The van der Waals surface area contributed by atoms with Crippen molar-refractivity contribution < 1.29 is 5.11 Å². The van der Waals surface area contributed by atoms with E-state index in [1.54, 1.807) is 12.4 Å². The molecule has 0 aliphatic rings. The highest BCUT2D eigenvalue weighted by Crippen LogP contribution is 2.44. The third-order valence-electron chi connectivity index (χ3n) is 3.36. The van der Waals surface area contributed by atoms with Crippen LogP contribution in [-0.2, 0) is 5.60 Å². The van der Waals surface area contributed by atoms with Crippen molar-refractivity contribution in [3.8, 4) is 0 Å². The van der Waals surface area contributed by atoms with Gasteiger partial charge < -0.3 is 5.11 Å². The van der Waals surface area contributed by atoms with Gasteiger partial charge in [-0.2, -0.15) is 0 Å². The highest BCUT2D eigenvalue weighted by molar-refractivity contribution is 5.36. The number of hydrogen-bond acceptors (Lipinski definition) is 2. The molecule has 94 valence electrons. The molecule has 1 N–H and O–H groups in total. The second-order valence-electron chi connectivity index (χ2n) is 5.57. The van der Waals surface area contributed by atoms with Crippen molar-refractivity contribution in [2.24, 2.45) is 5.41 Å². The quantitative estimate of drug-likeness (QED) is 0.874. The number of nitrogens with zero attached hydrogens (tertiary/aromatic N) is 1. The molecule has 2 heteroatoms. The Morgan fingerprint density at radius 3 is 2.00 bits per heavy atom. The third-order valence-corrected chi connectivity index (χ3v) is 3.36. The lowest BCUT2D eigenvalue weighted by molar-refractivity contribution is -0.0261. The van der Waals surface area contributed by atoms with E-state index < -0.39 is 5.60 Å². The van der Waals surface area contributed by atoms with Crippen LogP contribution in [0.2, 0.25) is 0 Å². The summed E-state index contributed by atoms with van der Waals surface area (Å²) in [7, 11) is 0. The first-order chi connectivity index (χ1) is 8.46. The van der Waals surface area contributed by atoms with E-state index in [9.17, 15) is 5.11 Å². The Kier molecular flexibility index (Phi) is 3.22. The molecule has 1 heterocycles. The Morgan fingerprint density at radius 1 is 0.889 bits per heavy atom. The normalized spacial score (nSPS) is 15.1. The summed E-state index contributed by atoms with van der Waals surface area (Å²) < 4.78 is 0. The number of aromatic nitrogens is 1. The van der Waals surface area contributed by atoms with E-state index in [1.807, 2.05) is 63.2 Å². The Morgan fingerprint density at radius 2 is 1.50 bits per heavy atom. The standard InChI is InChI=1S/C16H19NO/c1-15(2,3)16(18,13-8-5-4-6-9-13)14-10-7-11-17-12-14/h4-12,18H,1-3H3. The number of pyridine rings is 1. The van der Waals surface area contributed by atoms with Gasteiger partial charge in [0.15, 0.2) is 0 Å². The van der Waals surface area contributed by atoms with E-state index in [0.29, 0.717) is 0 Å². The van der Waals surface area contributed by atoms with Crippen LogP contribution in [0.15, 0.2) is 54.9 Å². The molecule has 0 aliphatic heterocycles. The smallest absolute Gasteiger partial charge is 0.121 e. The van der Waals surface area contributed by atoms with Gasteiger partial charge in [-0.15, -0.1) is 0 Å². The number of aliphatic hydroxyl groups is 1. The Hall–Kier alpha value is -1.67. The molecule has 0 spiro atoms. The maximum absolute atomic E-state index is 11.3. The van der Waals surface area contributed by atoms with Crippen molar-refractivity contribution in [2.45, 2.75) is 26.4 Å². The predicted molar refractivity (Wildman–Crippen MR) is 73.1 cm³/mol. The van der Waals surface area contributed by atoms with Crippen molar-refractivity contribution in [3.05, 3.63) is 66.0 Å². The van der Waals surface area contributed by atoms with Gasteiger partial charge in [0.2, 0.25) is 0 Å². The van der Waals surface area contributed by atoms with Gasteiger partial charge >= 0.3 is 0 Å². The van der Waals surface area contributed by atoms with Crippen LogP contribution in [0.3, 0.4) is 0 Å².